The van der Waals surface area contributed by atoms with Crippen molar-refractivity contribution in [2.24, 2.45) is 0 Å². The van der Waals surface area contributed by atoms with Gasteiger partial charge in [-0.1, -0.05) is 36.4 Å². The van der Waals surface area contributed by atoms with Crippen molar-refractivity contribution >= 4 is 0 Å². The van der Waals surface area contributed by atoms with Crippen LogP contribution in [0, 0.1) is 0 Å². The summed E-state index contributed by atoms with van der Waals surface area (Å²) in [5.41, 5.74) is 2.05. The van der Waals surface area contributed by atoms with Gasteiger partial charge in [0.05, 0.1) is 6.26 Å². The second-order valence-electron chi connectivity index (χ2n) is 4.58. The average molecular weight is 264 g/mol. The van der Waals surface area contributed by atoms with Crippen molar-refractivity contribution in [1.29, 1.82) is 0 Å². The van der Waals surface area contributed by atoms with E-state index in [-0.39, 0.29) is 0 Å². The molecule has 0 radical (unpaired) electrons. The lowest BCUT2D eigenvalue weighted by molar-refractivity contribution is -0.00949. The summed E-state index contributed by atoms with van der Waals surface area (Å²) < 4.78 is 17.3. The van der Waals surface area contributed by atoms with E-state index in [0.29, 0.717) is 5.76 Å². The van der Waals surface area contributed by atoms with Gasteiger partial charge in [0.1, 0.15) is 11.5 Å². The number of para-hydroxylation sites is 2. The molecule has 0 amide bonds. The highest BCUT2D eigenvalue weighted by atomic mass is 16.7. The molecule has 3 heteroatoms. The van der Waals surface area contributed by atoms with Crippen molar-refractivity contribution in [1.82, 2.24) is 0 Å². The van der Waals surface area contributed by atoms with E-state index in [1.54, 1.807) is 6.26 Å². The third-order valence-electron chi connectivity index (χ3n) is 3.31. The SMILES string of the molecule is c1coc(C2Oc3ccccc3-c3ccccc3O2)c1. The third kappa shape index (κ3) is 1.75. The number of hydrogen-bond acceptors (Lipinski definition) is 3. The van der Waals surface area contributed by atoms with Gasteiger partial charge in [-0.2, -0.15) is 0 Å². The first kappa shape index (κ1) is 11.2. The van der Waals surface area contributed by atoms with Crippen LogP contribution in [0.4, 0.5) is 0 Å². The molecular formula is C17H12O3. The second kappa shape index (κ2) is 4.46. The molecule has 3 nitrogen and oxygen atoms in total. The Morgan fingerprint density at radius 1 is 0.650 bits per heavy atom. The molecule has 0 saturated heterocycles. The summed E-state index contributed by atoms with van der Waals surface area (Å²) in [7, 11) is 0. The predicted molar refractivity (Wildman–Crippen MR) is 74.6 cm³/mol. The molecule has 0 unspecified atom stereocenters. The molecule has 0 N–H and O–H groups in total. The van der Waals surface area contributed by atoms with Crippen LogP contribution in [0.2, 0.25) is 0 Å². The number of hydrogen-bond donors (Lipinski definition) is 0. The van der Waals surface area contributed by atoms with Crippen LogP contribution in [0.1, 0.15) is 12.1 Å². The standard InChI is InChI=1S/C17H12O3/c1-3-8-14-12(6-1)13-7-2-4-9-15(13)20-17(19-14)16-10-5-11-18-16/h1-11,17H. The average Bonchev–Trinajstić information content (AvgIpc) is 2.97. The zero-order valence-electron chi connectivity index (χ0n) is 10.7. The normalized spacial score (nSPS) is 13.6. The Labute approximate surface area is 116 Å². The van der Waals surface area contributed by atoms with Gasteiger partial charge in [0, 0.05) is 11.1 Å². The van der Waals surface area contributed by atoms with E-state index in [0.717, 1.165) is 22.6 Å². The highest BCUT2D eigenvalue weighted by molar-refractivity contribution is 5.76. The van der Waals surface area contributed by atoms with Gasteiger partial charge < -0.3 is 13.9 Å². The first-order valence-corrected chi connectivity index (χ1v) is 6.47. The lowest BCUT2D eigenvalue weighted by Gasteiger charge is -2.16. The van der Waals surface area contributed by atoms with Crippen molar-refractivity contribution in [3.8, 4) is 22.6 Å². The van der Waals surface area contributed by atoms with Crippen LogP contribution < -0.4 is 9.47 Å². The summed E-state index contributed by atoms with van der Waals surface area (Å²) in [4.78, 5) is 0. The van der Waals surface area contributed by atoms with Crippen LogP contribution in [0.15, 0.2) is 71.3 Å². The van der Waals surface area contributed by atoms with Gasteiger partial charge in [0.25, 0.3) is 6.29 Å². The molecule has 98 valence electrons. The minimum atomic E-state index is -0.574. The number of fused-ring (bicyclic) bond motifs is 3. The summed E-state index contributed by atoms with van der Waals surface area (Å²) >= 11 is 0. The van der Waals surface area contributed by atoms with Crippen molar-refractivity contribution in [3.63, 3.8) is 0 Å². The topological polar surface area (TPSA) is 31.6 Å². The van der Waals surface area contributed by atoms with Gasteiger partial charge in [-0.3, -0.25) is 0 Å². The fraction of sp³-hybridized carbons (Fsp3) is 0.0588. The third-order valence-corrected chi connectivity index (χ3v) is 3.31. The number of furan rings is 1. The fourth-order valence-electron chi connectivity index (χ4n) is 2.38. The lowest BCUT2D eigenvalue weighted by atomic mass is 10.0. The summed E-state index contributed by atoms with van der Waals surface area (Å²) in [6.45, 7) is 0. The minimum Gasteiger partial charge on any atom is -0.461 e. The van der Waals surface area contributed by atoms with Crippen molar-refractivity contribution in [3.05, 3.63) is 72.7 Å². The van der Waals surface area contributed by atoms with Gasteiger partial charge in [-0.05, 0) is 24.3 Å². The number of ether oxygens (including phenoxy) is 2. The Bertz CT molecular complexity index is 684. The Balaban J connectivity index is 1.90. The molecule has 1 aliphatic heterocycles. The molecule has 0 saturated carbocycles. The lowest BCUT2D eigenvalue weighted by Crippen LogP contribution is -2.12. The molecule has 0 fully saturated rings. The maximum atomic E-state index is 5.97. The Kier molecular flexibility index (Phi) is 2.49. The maximum Gasteiger partial charge on any atom is 0.300 e. The highest BCUT2D eigenvalue weighted by Gasteiger charge is 2.25. The molecule has 0 aliphatic carbocycles. The summed E-state index contributed by atoms with van der Waals surface area (Å²) in [6, 6.07) is 19.5. The monoisotopic (exact) mass is 264 g/mol. The van der Waals surface area contributed by atoms with E-state index in [1.165, 1.54) is 0 Å². The molecule has 2 heterocycles. The maximum absolute atomic E-state index is 5.97. The molecule has 3 aromatic rings. The molecule has 20 heavy (non-hydrogen) atoms. The van der Waals surface area contributed by atoms with Gasteiger partial charge in [-0.25, -0.2) is 0 Å². The molecule has 1 aromatic heterocycles. The van der Waals surface area contributed by atoms with E-state index in [1.807, 2.05) is 60.7 Å². The zero-order chi connectivity index (χ0) is 13.4. The molecule has 0 bridgehead atoms. The van der Waals surface area contributed by atoms with E-state index < -0.39 is 6.29 Å². The number of rotatable bonds is 1. The molecule has 2 aromatic carbocycles. The fourth-order valence-corrected chi connectivity index (χ4v) is 2.38. The van der Waals surface area contributed by atoms with E-state index >= 15 is 0 Å². The first-order valence-electron chi connectivity index (χ1n) is 6.47. The molecule has 4 rings (SSSR count). The van der Waals surface area contributed by atoms with Crippen LogP contribution in [-0.4, -0.2) is 0 Å². The van der Waals surface area contributed by atoms with Crippen molar-refractivity contribution in [2.75, 3.05) is 0 Å². The van der Waals surface area contributed by atoms with Gasteiger partial charge in [0.15, 0.2) is 5.76 Å². The quantitative estimate of drug-likeness (QED) is 0.652. The van der Waals surface area contributed by atoms with Crippen LogP contribution in [0.3, 0.4) is 0 Å². The first-order chi connectivity index (χ1) is 9.92. The largest absolute Gasteiger partial charge is 0.461 e. The van der Waals surface area contributed by atoms with Gasteiger partial charge >= 0.3 is 0 Å². The molecular weight excluding hydrogens is 252 g/mol. The van der Waals surface area contributed by atoms with Gasteiger partial charge in [-0.15, -0.1) is 0 Å². The van der Waals surface area contributed by atoms with E-state index in [9.17, 15) is 0 Å². The van der Waals surface area contributed by atoms with Crippen LogP contribution in [0.25, 0.3) is 11.1 Å². The smallest absolute Gasteiger partial charge is 0.300 e. The van der Waals surface area contributed by atoms with Crippen LogP contribution in [0.5, 0.6) is 11.5 Å². The second-order valence-corrected chi connectivity index (χ2v) is 4.58. The highest BCUT2D eigenvalue weighted by Crippen LogP contribution is 2.42. The summed E-state index contributed by atoms with van der Waals surface area (Å²) in [6.07, 6.45) is 1.04. The van der Waals surface area contributed by atoms with Gasteiger partial charge in [0.2, 0.25) is 0 Å². The van der Waals surface area contributed by atoms with E-state index in [2.05, 4.69) is 0 Å². The van der Waals surface area contributed by atoms with Crippen LogP contribution in [-0.2, 0) is 0 Å². The van der Waals surface area contributed by atoms with Crippen molar-refractivity contribution < 1.29 is 13.9 Å². The predicted octanol–water partition coefficient (Wildman–Crippen LogP) is 4.42. The zero-order valence-corrected chi connectivity index (χ0v) is 10.7. The van der Waals surface area contributed by atoms with Crippen LogP contribution >= 0.6 is 0 Å². The number of benzene rings is 2. The summed E-state index contributed by atoms with van der Waals surface area (Å²) in [5, 5.41) is 0. The Hall–Kier alpha value is -2.68. The summed E-state index contributed by atoms with van der Waals surface area (Å²) in [5.74, 6) is 2.23. The Morgan fingerprint density at radius 2 is 1.25 bits per heavy atom. The van der Waals surface area contributed by atoms with E-state index in [4.69, 9.17) is 13.9 Å². The molecule has 1 aliphatic rings. The molecule has 0 spiro atoms. The van der Waals surface area contributed by atoms with Crippen molar-refractivity contribution in [2.45, 2.75) is 6.29 Å². The Morgan fingerprint density at radius 3 is 1.80 bits per heavy atom. The molecule has 0 atom stereocenters. The minimum absolute atomic E-state index is 0.574.